The highest BCUT2D eigenvalue weighted by Gasteiger charge is 2.17. The Morgan fingerprint density at radius 1 is 1.09 bits per heavy atom. The van der Waals surface area contributed by atoms with Gasteiger partial charge in [-0.05, 0) is 43.3 Å². The number of carbonyl (C=O) groups excluding carboxylic acids is 2. The van der Waals surface area contributed by atoms with Gasteiger partial charge in [-0.25, -0.2) is 9.97 Å². The third-order valence-electron chi connectivity index (χ3n) is 5.17. The Hall–Kier alpha value is -4.55. The van der Waals surface area contributed by atoms with Crippen LogP contribution in [-0.2, 0) is 4.79 Å². The molecule has 2 amide bonds. The van der Waals surface area contributed by atoms with Gasteiger partial charge in [-0.2, -0.15) is 5.26 Å². The molecule has 33 heavy (non-hydrogen) atoms. The number of hydrogen-bond acceptors (Lipinski definition) is 6. The van der Waals surface area contributed by atoms with Crippen LogP contribution in [0.2, 0.25) is 0 Å². The first-order valence-electron chi connectivity index (χ1n) is 10.2. The van der Waals surface area contributed by atoms with Crippen molar-refractivity contribution >= 4 is 28.8 Å². The highest BCUT2D eigenvalue weighted by molar-refractivity contribution is 6.04. The number of nitrogens with one attached hydrogen (secondary N) is 1. The molecular formula is C24H21N7O2. The standard InChI is InChI=1S/C24H21N7O2/c1-15(26)23(32)29-18-7-5-17(6-8-18)21-12-28-22-13-27-20(14-31(21)22)24(33)30(2)19-9-3-16(11-25)4-10-19/h3-10,12-15H,26H2,1-2H3,(H,29,32)/t15-/m1/s1. The molecule has 9 heteroatoms. The molecule has 0 saturated heterocycles. The van der Waals surface area contributed by atoms with Gasteiger partial charge >= 0.3 is 0 Å². The summed E-state index contributed by atoms with van der Waals surface area (Å²) < 4.78 is 1.79. The van der Waals surface area contributed by atoms with Crippen LogP contribution in [0.15, 0.2) is 67.1 Å². The molecule has 0 unspecified atom stereocenters. The van der Waals surface area contributed by atoms with Crippen LogP contribution in [-0.4, -0.2) is 39.3 Å². The Morgan fingerprint density at radius 3 is 2.42 bits per heavy atom. The zero-order valence-corrected chi connectivity index (χ0v) is 18.1. The molecule has 2 aromatic carbocycles. The SMILES string of the molecule is C[C@@H](N)C(=O)Nc1ccc(-c2cnc3cnc(C(=O)N(C)c4ccc(C#N)cc4)cn23)cc1. The fourth-order valence-corrected chi connectivity index (χ4v) is 3.24. The number of benzene rings is 2. The smallest absolute Gasteiger partial charge is 0.278 e. The topological polar surface area (TPSA) is 129 Å². The van der Waals surface area contributed by atoms with Crippen LogP contribution in [0.4, 0.5) is 11.4 Å². The number of hydrogen-bond donors (Lipinski definition) is 2. The van der Waals surface area contributed by atoms with Crippen molar-refractivity contribution in [1.29, 1.82) is 5.26 Å². The molecule has 2 aromatic heterocycles. The molecule has 0 aliphatic carbocycles. The van der Waals surface area contributed by atoms with Crippen molar-refractivity contribution in [2.45, 2.75) is 13.0 Å². The number of rotatable bonds is 5. The predicted molar refractivity (Wildman–Crippen MR) is 125 cm³/mol. The molecule has 1 atom stereocenters. The highest BCUT2D eigenvalue weighted by Crippen LogP contribution is 2.23. The number of aromatic nitrogens is 3. The van der Waals surface area contributed by atoms with E-state index in [0.717, 1.165) is 11.3 Å². The Bertz CT molecular complexity index is 1370. The summed E-state index contributed by atoms with van der Waals surface area (Å²) in [5, 5.41) is 11.7. The van der Waals surface area contributed by atoms with Crippen molar-refractivity contribution in [3.63, 3.8) is 0 Å². The Morgan fingerprint density at radius 2 is 1.79 bits per heavy atom. The Labute approximate surface area is 190 Å². The molecule has 0 fully saturated rings. The molecule has 3 N–H and O–H groups in total. The maximum atomic E-state index is 13.0. The molecule has 2 heterocycles. The summed E-state index contributed by atoms with van der Waals surface area (Å²) in [4.78, 5) is 34.9. The number of imidazole rings is 1. The lowest BCUT2D eigenvalue weighted by atomic mass is 10.1. The van der Waals surface area contributed by atoms with Gasteiger partial charge in [0, 0.05) is 30.2 Å². The van der Waals surface area contributed by atoms with Crippen molar-refractivity contribution < 1.29 is 9.59 Å². The molecule has 0 saturated carbocycles. The van der Waals surface area contributed by atoms with E-state index in [2.05, 4.69) is 21.4 Å². The quantitative estimate of drug-likeness (QED) is 0.492. The van der Waals surface area contributed by atoms with Crippen molar-refractivity contribution in [2.75, 3.05) is 17.3 Å². The summed E-state index contributed by atoms with van der Waals surface area (Å²) in [5.41, 5.74) is 9.86. The van der Waals surface area contributed by atoms with Gasteiger partial charge in [0.25, 0.3) is 5.91 Å². The number of carbonyl (C=O) groups is 2. The minimum absolute atomic E-state index is 0.245. The lowest BCUT2D eigenvalue weighted by Gasteiger charge is -2.17. The van der Waals surface area contributed by atoms with E-state index in [1.807, 2.05) is 12.1 Å². The van der Waals surface area contributed by atoms with Crippen LogP contribution in [0.1, 0.15) is 23.0 Å². The lowest BCUT2D eigenvalue weighted by molar-refractivity contribution is -0.117. The lowest BCUT2D eigenvalue weighted by Crippen LogP contribution is -2.32. The van der Waals surface area contributed by atoms with E-state index in [1.165, 1.54) is 4.90 Å². The summed E-state index contributed by atoms with van der Waals surface area (Å²) in [7, 11) is 1.65. The summed E-state index contributed by atoms with van der Waals surface area (Å²) in [6.45, 7) is 1.62. The second kappa shape index (κ2) is 8.90. The molecule has 9 nitrogen and oxygen atoms in total. The van der Waals surface area contributed by atoms with Crippen molar-refractivity contribution in [2.24, 2.45) is 5.73 Å². The molecule has 0 spiro atoms. The van der Waals surface area contributed by atoms with E-state index < -0.39 is 6.04 Å². The van der Waals surface area contributed by atoms with E-state index >= 15 is 0 Å². The van der Waals surface area contributed by atoms with Gasteiger partial charge in [-0.15, -0.1) is 0 Å². The van der Waals surface area contributed by atoms with Gasteiger partial charge in [0.2, 0.25) is 5.91 Å². The fraction of sp³-hybridized carbons (Fsp3) is 0.125. The molecule has 4 aromatic rings. The van der Waals surface area contributed by atoms with Crippen LogP contribution >= 0.6 is 0 Å². The van der Waals surface area contributed by atoms with E-state index in [4.69, 9.17) is 11.0 Å². The minimum Gasteiger partial charge on any atom is -0.325 e. The number of fused-ring (bicyclic) bond motifs is 1. The van der Waals surface area contributed by atoms with E-state index in [9.17, 15) is 9.59 Å². The second-order valence-corrected chi connectivity index (χ2v) is 7.52. The monoisotopic (exact) mass is 439 g/mol. The number of nitriles is 1. The maximum absolute atomic E-state index is 13.0. The number of nitrogens with zero attached hydrogens (tertiary/aromatic N) is 5. The number of amides is 2. The first-order valence-corrected chi connectivity index (χ1v) is 10.2. The van der Waals surface area contributed by atoms with E-state index in [-0.39, 0.29) is 17.5 Å². The number of anilines is 2. The van der Waals surface area contributed by atoms with Gasteiger partial charge in [-0.3, -0.25) is 14.0 Å². The first kappa shape index (κ1) is 21.7. The highest BCUT2D eigenvalue weighted by atomic mass is 16.2. The van der Waals surface area contributed by atoms with Crippen molar-refractivity contribution in [1.82, 2.24) is 14.4 Å². The van der Waals surface area contributed by atoms with Crippen LogP contribution in [0.5, 0.6) is 0 Å². The molecule has 4 rings (SSSR count). The molecule has 0 bridgehead atoms. The molecular weight excluding hydrogens is 418 g/mol. The van der Waals surface area contributed by atoms with Gasteiger partial charge in [0.05, 0.1) is 35.8 Å². The van der Waals surface area contributed by atoms with Gasteiger partial charge < -0.3 is 16.0 Å². The first-order chi connectivity index (χ1) is 15.9. The fourth-order valence-electron chi connectivity index (χ4n) is 3.24. The summed E-state index contributed by atoms with van der Waals surface area (Å²) in [6, 6.07) is 15.5. The summed E-state index contributed by atoms with van der Waals surface area (Å²) in [5.74, 6) is -0.562. The third-order valence-corrected chi connectivity index (χ3v) is 5.17. The van der Waals surface area contributed by atoms with Gasteiger partial charge in [-0.1, -0.05) is 12.1 Å². The predicted octanol–water partition coefficient (Wildman–Crippen LogP) is 2.83. The van der Waals surface area contributed by atoms with Gasteiger partial charge in [0.15, 0.2) is 5.65 Å². The van der Waals surface area contributed by atoms with Crippen molar-refractivity contribution in [3.05, 3.63) is 78.4 Å². The zero-order valence-electron chi connectivity index (χ0n) is 18.1. The maximum Gasteiger partial charge on any atom is 0.278 e. The normalized spacial score (nSPS) is 11.6. The minimum atomic E-state index is -0.602. The average molecular weight is 439 g/mol. The second-order valence-electron chi connectivity index (χ2n) is 7.52. The van der Waals surface area contributed by atoms with E-state index in [1.54, 1.807) is 73.4 Å². The Balaban J connectivity index is 1.61. The summed E-state index contributed by atoms with van der Waals surface area (Å²) in [6.07, 6.45) is 4.89. The molecule has 164 valence electrons. The molecule has 0 radical (unpaired) electrons. The Kier molecular flexibility index (Phi) is 5.85. The van der Waals surface area contributed by atoms with Crippen LogP contribution in [0, 0.1) is 11.3 Å². The molecule has 0 aliphatic heterocycles. The van der Waals surface area contributed by atoms with E-state index in [0.29, 0.717) is 22.6 Å². The summed E-state index contributed by atoms with van der Waals surface area (Å²) >= 11 is 0. The van der Waals surface area contributed by atoms with Crippen molar-refractivity contribution in [3.8, 4) is 17.3 Å². The average Bonchev–Trinajstić information content (AvgIpc) is 3.27. The van der Waals surface area contributed by atoms with Gasteiger partial charge in [0.1, 0.15) is 5.69 Å². The zero-order chi connectivity index (χ0) is 23.5. The number of nitrogens with two attached hydrogens (primary N) is 1. The largest absolute Gasteiger partial charge is 0.325 e. The van der Waals surface area contributed by atoms with Crippen LogP contribution in [0.3, 0.4) is 0 Å². The third kappa shape index (κ3) is 4.42. The molecule has 0 aliphatic rings. The van der Waals surface area contributed by atoms with Crippen LogP contribution in [0.25, 0.3) is 16.9 Å². The van der Waals surface area contributed by atoms with Crippen LogP contribution < -0.4 is 16.0 Å².